The first kappa shape index (κ1) is 14.2. The van der Waals surface area contributed by atoms with Crippen LogP contribution in [0.25, 0.3) is 0 Å². The summed E-state index contributed by atoms with van der Waals surface area (Å²) in [5.74, 6) is -0.217. The van der Waals surface area contributed by atoms with Crippen LogP contribution in [0.3, 0.4) is 0 Å². The maximum atomic E-state index is 11.5. The van der Waals surface area contributed by atoms with E-state index in [1.165, 1.54) is 11.0 Å². The molecule has 0 unspecified atom stereocenters. The molecule has 5 heteroatoms. The third kappa shape index (κ3) is 4.03. The fourth-order valence-electron chi connectivity index (χ4n) is 1.17. The van der Waals surface area contributed by atoms with Crippen molar-refractivity contribution in [2.45, 2.75) is 26.3 Å². The SMILES string of the molecule is C=CC(=O)N(C)C(C)(C)CS(=O)(=O)CC. The molecule has 0 bridgehead atoms. The molecule has 0 aliphatic carbocycles. The van der Waals surface area contributed by atoms with Gasteiger partial charge < -0.3 is 4.90 Å². The summed E-state index contributed by atoms with van der Waals surface area (Å²) in [6, 6.07) is 0. The van der Waals surface area contributed by atoms with Crippen LogP contribution in [0, 0.1) is 0 Å². The Bertz CT molecular complexity index is 344. The molecular weight excluding hydrogens is 214 g/mol. The number of rotatable bonds is 5. The summed E-state index contributed by atoms with van der Waals surface area (Å²) in [6.07, 6.45) is 1.18. The van der Waals surface area contributed by atoms with Crippen LogP contribution in [0.2, 0.25) is 0 Å². The predicted octanol–water partition coefficient (Wildman–Crippen LogP) is 0.844. The molecule has 0 heterocycles. The van der Waals surface area contributed by atoms with Crippen molar-refractivity contribution < 1.29 is 13.2 Å². The first-order chi connectivity index (χ1) is 6.66. The Morgan fingerprint density at radius 1 is 1.47 bits per heavy atom. The van der Waals surface area contributed by atoms with E-state index < -0.39 is 15.4 Å². The molecule has 0 rings (SSSR count). The van der Waals surface area contributed by atoms with E-state index in [0.29, 0.717) is 0 Å². The third-order valence-corrected chi connectivity index (χ3v) is 4.45. The number of carbonyl (C=O) groups is 1. The highest BCUT2D eigenvalue weighted by Crippen LogP contribution is 2.16. The van der Waals surface area contributed by atoms with Gasteiger partial charge in [0, 0.05) is 12.8 Å². The zero-order valence-electron chi connectivity index (χ0n) is 9.78. The number of sulfone groups is 1. The monoisotopic (exact) mass is 233 g/mol. The molecule has 0 fully saturated rings. The van der Waals surface area contributed by atoms with Crippen LogP contribution in [0.4, 0.5) is 0 Å². The lowest BCUT2D eigenvalue weighted by molar-refractivity contribution is -0.128. The van der Waals surface area contributed by atoms with E-state index in [9.17, 15) is 13.2 Å². The molecule has 0 aromatic rings. The summed E-state index contributed by atoms with van der Waals surface area (Å²) in [5, 5.41) is 0. The maximum Gasteiger partial charge on any atom is 0.246 e. The summed E-state index contributed by atoms with van der Waals surface area (Å²) in [7, 11) is -1.51. The molecule has 0 aromatic carbocycles. The quantitative estimate of drug-likeness (QED) is 0.661. The van der Waals surface area contributed by atoms with Crippen molar-refractivity contribution in [2.75, 3.05) is 18.6 Å². The highest BCUT2D eigenvalue weighted by molar-refractivity contribution is 7.91. The Labute approximate surface area is 91.9 Å². The predicted molar refractivity (Wildman–Crippen MR) is 61.4 cm³/mol. The maximum absolute atomic E-state index is 11.5. The van der Waals surface area contributed by atoms with Gasteiger partial charge in [0.15, 0.2) is 9.84 Å². The molecular formula is C10H19NO3S. The second-order valence-electron chi connectivity index (χ2n) is 4.09. The van der Waals surface area contributed by atoms with Crippen molar-refractivity contribution in [3.63, 3.8) is 0 Å². The summed E-state index contributed by atoms with van der Waals surface area (Å²) < 4.78 is 22.9. The van der Waals surface area contributed by atoms with Crippen LogP contribution in [-0.4, -0.2) is 43.3 Å². The average molecular weight is 233 g/mol. The van der Waals surface area contributed by atoms with E-state index >= 15 is 0 Å². The van der Waals surface area contributed by atoms with Gasteiger partial charge in [0.25, 0.3) is 0 Å². The van der Waals surface area contributed by atoms with Crippen molar-refractivity contribution in [2.24, 2.45) is 0 Å². The molecule has 0 N–H and O–H groups in total. The normalized spacial score (nSPS) is 12.3. The van der Waals surface area contributed by atoms with Gasteiger partial charge in [-0.25, -0.2) is 8.42 Å². The number of hydrogen-bond acceptors (Lipinski definition) is 3. The smallest absolute Gasteiger partial charge is 0.246 e. The van der Waals surface area contributed by atoms with Crippen LogP contribution < -0.4 is 0 Å². The highest BCUT2D eigenvalue weighted by Gasteiger charge is 2.31. The standard InChI is InChI=1S/C10H19NO3S/c1-6-9(12)11(5)10(3,4)8-15(13,14)7-2/h6H,1,7-8H2,2-5H3. The lowest BCUT2D eigenvalue weighted by atomic mass is 10.1. The van der Waals surface area contributed by atoms with E-state index in [1.54, 1.807) is 27.8 Å². The lowest BCUT2D eigenvalue weighted by Gasteiger charge is -2.34. The second-order valence-corrected chi connectivity index (χ2v) is 6.44. The van der Waals surface area contributed by atoms with E-state index in [1.807, 2.05) is 0 Å². The minimum atomic E-state index is -3.09. The fourth-order valence-corrected chi connectivity index (χ4v) is 2.65. The van der Waals surface area contributed by atoms with E-state index in [-0.39, 0.29) is 17.4 Å². The van der Waals surface area contributed by atoms with Crippen molar-refractivity contribution in [1.29, 1.82) is 0 Å². The van der Waals surface area contributed by atoms with Gasteiger partial charge >= 0.3 is 0 Å². The van der Waals surface area contributed by atoms with Gasteiger partial charge in [-0.05, 0) is 19.9 Å². The van der Waals surface area contributed by atoms with Gasteiger partial charge in [-0.1, -0.05) is 13.5 Å². The number of likely N-dealkylation sites (N-methyl/N-ethyl adjacent to an activating group) is 1. The van der Waals surface area contributed by atoms with Gasteiger partial charge in [0.05, 0.1) is 11.3 Å². The minimum absolute atomic E-state index is 0.0351. The molecule has 0 atom stereocenters. The average Bonchev–Trinajstić information content (AvgIpc) is 2.14. The highest BCUT2D eigenvalue weighted by atomic mass is 32.2. The van der Waals surface area contributed by atoms with Crippen molar-refractivity contribution in [3.05, 3.63) is 12.7 Å². The summed E-state index contributed by atoms with van der Waals surface area (Å²) >= 11 is 0. The van der Waals surface area contributed by atoms with Crippen molar-refractivity contribution >= 4 is 15.7 Å². The zero-order valence-corrected chi connectivity index (χ0v) is 10.6. The minimum Gasteiger partial charge on any atom is -0.336 e. The summed E-state index contributed by atoms with van der Waals surface area (Å²) in [4.78, 5) is 12.7. The number of amides is 1. The summed E-state index contributed by atoms with van der Waals surface area (Å²) in [5.41, 5.74) is -0.708. The molecule has 15 heavy (non-hydrogen) atoms. The van der Waals surface area contributed by atoms with Crippen molar-refractivity contribution in [1.82, 2.24) is 4.90 Å². The van der Waals surface area contributed by atoms with Gasteiger partial charge in [-0.2, -0.15) is 0 Å². The van der Waals surface area contributed by atoms with Crippen LogP contribution in [0.1, 0.15) is 20.8 Å². The van der Waals surface area contributed by atoms with E-state index in [0.717, 1.165) is 0 Å². The molecule has 0 saturated heterocycles. The first-order valence-electron chi connectivity index (χ1n) is 4.77. The van der Waals surface area contributed by atoms with Crippen LogP contribution in [0.15, 0.2) is 12.7 Å². The fraction of sp³-hybridized carbons (Fsp3) is 0.700. The molecule has 4 nitrogen and oxygen atoms in total. The Morgan fingerprint density at radius 2 is 1.93 bits per heavy atom. The molecule has 0 aromatic heterocycles. The first-order valence-corrected chi connectivity index (χ1v) is 6.59. The van der Waals surface area contributed by atoms with Crippen LogP contribution in [0.5, 0.6) is 0 Å². The molecule has 88 valence electrons. The largest absolute Gasteiger partial charge is 0.336 e. The van der Waals surface area contributed by atoms with E-state index in [4.69, 9.17) is 0 Å². The number of hydrogen-bond donors (Lipinski definition) is 0. The Hall–Kier alpha value is -0.840. The molecule has 0 aliphatic rings. The molecule has 0 radical (unpaired) electrons. The van der Waals surface area contributed by atoms with Crippen LogP contribution in [-0.2, 0) is 14.6 Å². The Balaban J connectivity index is 4.84. The Morgan fingerprint density at radius 3 is 2.27 bits per heavy atom. The summed E-state index contributed by atoms with van der Waals surface area (Å²) in [6.45, 7) is 8.42. The Kier molecular flexibility index (Phi) is 4.52. The molecule has 0 aliphatic heterocycles. The molecule has 0 spiro atoms. The second kappa shape index (κ2) is 4.79. The third-order valence-electron chi connectivity index (χ3n) is 2.43. The van der Waals surface area contributed by atoms with E-state index in [2.05, 4.69) is 6.58 Å². The van der Waals surface area contributed by atoms with Gasteiger partial charge in [0.1, 0.15) is 0 Å². The van der Waals surface area contributed by atoms with Gasteiger partial charge in [-0.15, -0.1) is 0 Å². The van der Waals surface area contributed by atoms with Crippen LogP contribution >= 0.6 is 0 Å². The van der Waals surface area contributed by atoms with Crippen molar-refractivity contribution in [3.8, 4) is 0 Å². The topological polar surface area (TPSA) is 54.5 Å². The van der Waals surface area contributed by atoms with Gasteiger partial charge in [0.2, 0.25) is 5.91 Å². The molecule has 0 saturated carbocycles. The lowest BCUT2D eigenvalue weighted by Crippen LogP contribution is -2.49. The number of nitrogens with zero attached hydrogens (tertiary/aromatic N) is 1. The van der Waals surface area contributed by atoms with Gasteiger partial charge in [-0.3, -0.25) is 4.79 Å². The zero-order chi connectivity index (χ0) is 12.3. The molecule has 1 amide bonds. The number of carbonyl (C=O) groups excluding carboxylic acids is 1.